The summed E-state index contributed by atoms with van der Waals surface area (Å²) in [7, 11) is 1.89. The lowest BCUT2D eigenvalue weighted by Gasteiger charge is -2.21. The lowest BCUT2D eigenvalue weighted by atomic mass is 9.81. The van der Waals surface area contributed by atoms with E-state index in [1.54, 1.807) is 11.0 Å². The van der Waals surface area contributed by atoms with Gasteiger partial charge in [0.05, 0.1) is 29.5 Å². The van der Waals surface area contributed by atoms with Crippen LogP contribution in [0.5, 0.6) is 0 Å². The highest BCUT2D eigenvalue weighted by Gasteiger charge is 2.31. The average molecular weight is 549 g/mol. The van der Waals surface area contributed by atoms with Crippen LogP contribution in [0.15, 0.2) is 49.1 Å². The first-order chi connectivity index (χ1) is 19.0. The largest absolute Gasteiger partial charge is 0.316 e. The summed E-state index contributed by atoms with van der Waals surface area (Å²) >= 11 is 0. The molecule has 1 N–H and O–H groups in total. The van der Waals surface area contributed by atoms with Crippen LogP contribution >= 0.6 is 0 Å². The van der Waals surface area contributed by atoms with E-state index in [9.17, 15) is 10.5 Å². The second-order valence-corrected chi connectivity index (χ2v) is 12.3. The first-order valence-corrected chi connectivity index (χ1v) is 13.4. The van der Waals surface area contributed by atoms with Crippen LogP contribution in [0.2, 0.25) is 0 Å². The Morgan fingerprint density at radius 1 is 0.756 bits per heavy atom. The number of hydrogen-bond donors (Lipinski definition) is 1. The van der Waals surface area contributed by atoms with Gasteiger partial charge in [-0.2, -0.15) is 15.6 Å². The Morgan fingerprint density at radius 2 is 1.20 bits per heavy atom. The van der Waals surface area contributed by atoms with Crippen molar-refractivity contribution in [2.45, 2.75) is 90.4 Å². The van der Waals surface area contributed by atoms with E-state index in [1.807, 2.05) is 98.8 Å². The van der Waals surface area contributed by atoms with Crippen LogP contribution in [-0.4, -0.2) is 21.8 Å². The second-order valence-electron chi connectivity index (χ2n) is 12.3. The highest BCUT2D eigenvalue weighted by atomic mass is 15.3. The molecule has 1 aromatic heterocycles. The van der Waals surface area contributed by atoms with E-state index in [2.05, 4.69) is 37.2 Å². The van der Waals surface area contributed by atoms with Crippen LogP contribution in [0, 0.1) is 35.8 Å². The van der Waals surface area contributed by atoms with Gasteiger partial charge >= 0.3 is 0 Å². The maximum absolute atomic E-state index is 9.41. The molecule has 8 nitrogen and oxygen atoms in total. The molecule has 2 aromatic carbocycles. The van der Waals surface area contributed by atoms with E-state index in [4.69, 9.17) is 13.1 Å². The molecule has 0 saturated carbocycles. The van der Waals surface area contributed by atoms with Crippen LogP contribution in [0.25, 0.3) is 9.69 Å². The number of nitriles is 2. The van der Waals surface area contributed by atoms with E-state index in [0.717, 1.165) is 39.9 Å². The normalized spacial score (nSPS) is 11.7. The zero-order valence-corrected chi connectivity index (χ0v) is 25.7. The lowest BCUT2D eigenvalue weighted by molar-refractivity contribution is 0.636. The van der Waals surface area contributed by atoms with Crippen molar-refractivity contribution in [1.29, 1.82) is 10.5 Å². The van der Waals surface area contributed by atoms with Gasteiger partial charge in [-0.15, -0.1) is 0 Å². The minimum absolute atomic E-state index is 0.545. The molecule has 0 radical (unpaired) electrons. The molecular formula is C33H40N8. The molecule has 41 heavy (non-hydrogen) atoms. The second kappa shape index (κ2) is 12.8. The van der Waals surface area contributed by atoms with Gasteiger partial charge in [-0.25, -0.2) is 22.8 Å². The maximum Gasteiger partial charge on any atom is 0.252 e. The summed E-state index contributed by atoms with van der Waals surface area (Å²) in [6.45, 7) is 31.2. The van der Waals surface area contributed by atoms with Crippen LogP contribution in [0.4, 0.5) is 0 Å². The third-order valence-corrected chi connectivity index (χ3v) is 7.15. The Bertz CT molecular complexity index is 1430. The quantitative estimate of drug-likeness (QED) is 0.318. The number of rotatable bonds is 8. The Hall–Kier alpha value is -4.50. The van der Waals surface area contributed by atoms with Crippen molar-refractivity contribution in [2.75, 3.05) is 7.05 Å². The van der Waals surface area contributed by atoms with E-state index in [0.29, 0.717) is 6.54 Å². The molecule has 0 aliphatic rings. The molecule has 0 spiro atoms. The molecule has 0 unspecified atom stereocenters. The predicted octanol–water partition coefficient (Wildman–Crippen LogP) is 6.64. The molecule has 1 heterocycles. The van der Waals surface area contributed by atoms with Crippen molar-refractivity contribution in [3.63, 3.8) is 0 Å². The van der Waals surface area contributed by atoms with Crippen molar-refractivity contribution < 1.29 is 0 Å². The molecule has 0 bridgehead atoms. The van der Waals surface area contributed by atoms with Gasteiger partial charge in [0, 0.05) is 45.4 Å². The number of nitrogens with one attached hydrogen (secondary N) is 1. The Balaban J connectivity index is 0.000000290. The van der Waals surface area contributed by atoms with Crippen molar-refractivity contribution in [1.82, 2.24) is 20.1 Å². The monoisotopic (exact) mass is 548 g/mol. The zero-order chi connectivity index (χ0) is 31.1. The van der Waals surface area contributed by atoms with Crippen molar-refractivity contribution in [2.24, 2.45) is 0 Å². The third kappa shape index (κ3) is 8.25. The van der Waals surface area contributed by atoms with Crippen LogP contribution < -0.4 is 5.32 Å². The van der Waals surface area contributed by atoms with Crippen LogP contribution in [-0.2, 0) is 35.0 Å². The molecule has 0 amide bonds. The Labute approximate surface area is 245 Å². The zero-order valence-electron chi connectivity index (χ0n) is 25.7. The number of aromatic nitrogens is 3. The molecular weight excluding hydrogens is 508 g/mol. The summed E-state index contributed by atoms with van der Waals surface area (Å²) in [5.41, 5.74) is 3.54. The fourth-order valence-electron chi connectivity index (χ4n) is 3.97. The fraction of sp³-hybridized carbons (Fsp3) is 0.455. The van der Waals surface area contributed by atoms with E-state index < -0.39 is 21.9 Å². The van der Waals surface area contributed by atoms with E-state index >= 15 is 0 Å². The van der Waals surface area contributed by atoms with Gasteiger partial charge in [0.25, 0.3) is 11.1 Å². The van der Waals surface area contributed by atoms with Gasteiger partial charge in [0.2, 0.25) is 0 Å². The molecule has 8 heteroatoms. The summed E-state index contributed by atoms with van der Waals surface area (Å²) < 4.78 is 1.73. The first-order valence-electron chi connectivity index (χ1n) is 13.4. The third-order valence-electron chi connectivity index (χ3n) is 7.15. The SMILES string of the molecule is [C-]#[N+]C(C)(C)c1cc(CNC)cc(C(C)(C)C#N)c1.[C-]#[N+]C(C)(C)c1cc(Cn2cncn2)cc(C(C)(C)C#N)c1. The molecule has 0 aliphatic carbocycles. The highest BCUT2D eigenvalue weighted by Crippen LogP contribution is 2.33. The topological polar surface area (TPSA) is 99.0 Å². The minimum atomic E-state index is -0.626. The molecule has 0 aliphatic heterocycles. The van der Waals surface area contributed by atoms with E-state index in [1.165, 1.54) is 6.33 Å². The highest BCUT2D eigenvalue weighted by molar-refractivity contribution is 5.42. The lowest BCUT2D eigenvalue weighted by Crippen LogP contribution is -2.19. The molecule has 212 valence electrons. The average Bonchev–Trinajstić information content (AvgIpc) is 3.46. The molecule has 3 aromatic rings. The predicted molar refractivity (Wildman–Crippen MR) is 161 cm³/mol. The van der Waals surface area contributed by atoms with Gasteiger partial charge < -0.3 is 15.0 Å². The maximum atomic E-state index is 9.41. The number of hydrogen-bond acceptors (Lipinski definition) is 5. The fourth-order valence-corrected chi connectivity index (χ4v) is 3.97. The van der Waals surface area contributed by atoms with Gasteiger partial charge in [-0.05, 0) is 81.3 Å². The van der Waals surface area contributed by atoms with Crippen molar-refractivity contribution in [3.05, 3.63) is 105 Å². The number of nitrogens with zero attached hydrogens (tertiary/aromatic N) is 7. The minimum Gasteiger partial charge on any atom is -0.316 e. The Kier molecular flexibility index (Phi) is 10.2. The summed E-state index contributed by atoms with van der Waals surface area (Å²) in [5.74, 6) is 0. The molecule has 0 atom stereocenters. The molecule has 3 rings (SSSR count). The number of benzene rings is 2. The summed E-state index contributed by atoms with van der Waals surface area (Å²) in [6.07, 6.45) is 3.15. The van der Waals surface area contributed by atoms with Crippen LogP contribution in [0.3, 0.4) is 0 Å². The van der Waals surface area contributed by atoms with Crippen LogP contribution in [0.1, 0.15) is 88.8 Å². The summed E-state index contributed by atoms with van der Waals surface area (Å²) in [5, 5.41) is 25.9. The Morgan fingerprint density at radius 3 is 1.59 bits per heavy atom. The van der Waals surface area contributed by atoms with Gasteiger partial charge in [0.15, 0.2) is 0 Å². The smallest absolute Gasteiger partial charge is 0.252 e. The van der Waals surface area contributed by atoms with Gasteiger partial charge in [0.1, 0.15) is 12.7 Å². The molecule has 0 fully saturated rings. The van der Waals surface area contributed by atoms with Gasteiger partial charge in [-0.3, -0.25) is 0 Å². The standard InChI is InChI=1S/C17H19N5.C16H21N3/c1-16(2,10-18)14-6-13(9-22-12-20-11-21-22)7-15(8-14)17(3,4)19-5;1-15(2,11-17)13-7-12(10-18-5)8-14(9-13)16(3,4)19-6/h6-8,11-12H,9H2,1-4H3;7-9,18H,10H2,1-5H3. The summed E-state index contributed by atoms with van der Waals surface area (Å²) in [4.78, 5) is 11.3. The van der Waals surface area contributed by atoms with Crippen molar-refractivity contribution in [3.8, 4) is 12.1 Å². The first kappa shape index (κ1) is 32.7. The molecule has 0 saturated heterocycles. The van der Waals surface area contributed by atoms with E-state index in [-0.39, 0.29) is 0 Å². The van der Waals surface area contributed by atoms with Crippen molar-refractivity contribution >= 4 is 0 Å². The summed E-state index contributed by atoms with van der Waals surface area (Å²) in [6, 6.07) is 16.7. The van der Waals surface area contributed by atoms with Gasteiger partial charge in [-0.1, -0.05) is 12.1 Å².